The van der Waals surface area contributed by atoms with Gasteiger partial charge >= 0.3 is 0 Å². The normalized spacial score (nSPS) is 25.7. The second-order valence-electron chi connectivity index (χ2n) is 4.48. The highest BCUT2D eigenvalue weighted by Gasteiger charge is 2.23. The fraction of sp³-hybridized carbons (Fsp3) is 0.667. The van der Waals surface area contributed by atoms with Crippen molar-refractivity contribution in [1.29, 1.82) is 0 Å². The molecule has 0 aromatic carbocycles. The van der Waals surface area contributed by atoms with Crippen molar-refractivity contribution in [3.63, 3.8) is 0 Å². The Kier molecular flexibility index (Phi) is 4.27. The van der Waals surface area contributed by atoms with Crippen molar-refractivity contribution in [1.82, 2.24) is 5.32 Å². The van der Waals surface area contributed by atoms with E-state index in [1.54, 1.807) is 0 Å². The van der Waals surface area contributed by atoms with Gasteiger partial charge in [-0.3, -0.25) is 0 Å². The molecule has 0 aliphatic heterocycles. The van der Waals surface area contributed by atoms with Gasteiger partial charge in [0.1, 0.15) is 0 Å². The van der Waals surface area contributed by atoms with Gasteiger partial charge in [0.2, 0.25) is 0 Å². The summed E-state index contributed by atoms with van der Waals surface area (Å²) in [6.07, 6.45) is 5.21. The molecule has 0 saturated heterocycles. The molecule has 1 aromatic heterocycles. The summed E-state index contributed by atoms with van der Waals surface area (Å²) in [5, 5.41) is 4.76. The van der Waals surface area contributed by atoms with Crippen molar-refractivity contribution in [2.75, 3.05) is 19.0 Å². The summed E-state index contributed by atoms with van der Waals surface area (Å²) >= 11 is 5.35. The molecule has 1 N–H and O–H groups in total. The lowest BCUT2D eigenvalue weighted by Gasteiger charge is -2.35. The third kappa shape index (κ3) is 2.79. The van der Waals surface area contributed by atoms with Crippen LogP contribution in [0.1, 0.15) is 25.7 Å². The fourth-order valence-electron chi connectivity index (χ4n) is 2.43. The van der Waals surface area contributed by atoms with Crippen LogP contribution in [0.5, 0.6) is 0 Å². The Balaban J connectivity index is 1.93. The molecule has 1 heterocycles. The van der Waals surface area contributed by atoms with E-state index in [0.717, 1.165) is 12.1 Å². The number of rotatable bonds is 3. The van der Waals surface area contributed by atoms with Gasteiger partial charge < -0.3 is 10.2 Å². The Labute approximate surface area is 110 Å². The molecule has 16 heavy (non-hydrogen) atoms. The molecule has 0 unspecified atom stereocenters. The van der Waals surface area contributed by atoms with E-state index in [0.29, 0.717) is 0 Å². The molecular formula is C12H19BrN2S. The number of nitrogens with zero attached hydrogens (tertiary/aromatic N) is 1. The lowest BCUT2D eigenvalue weighted by atomic mass is 9.90. The van der Waals surface area contributed by atoms with Crippen LogP contribution < -0.4 is 10.2 Å². The standard InChI is InChI=1S/C12H19BrN2S/c1-14-9-3-5-10(6-4-9)15(2)12-8-7-11(13)16-12/h7-10,14H,3-6H2,1-2H3. The molecule has 0 bridgehead atoms. The molecule has 1 aliphatic carbocycles. The third-order valence-electron chi connectivity index (χ3n) is 3.56. The van der Waals surface area contributed by atoms with Crippen molar-refractivity contribution >= 4 is 32.3 Å². The third-order valence-corrected chi connectivity index (χ3v) is 5.27. The van der Waals surface area contributed by atoms with E-state index in [4.69, 9.17) is 0 Å². The molecule has 0 spiro atoms. The quantitative estimate of drug-likeness (QED) is 0.919. The summed E-state index contributed by atoms with van der Waals surface area (Å²) in [6, 6.07) is 5.80. The van der Waals surface area contributed by atoms with Crippen molar-refractivity contribution in [3.05, 3.63) is 15.9 Å². The van der Waals surface area contributed by atoms with E-state index < -0.39 is 0 Å². The van der Waals surface area contributed by atoms with Crippen LogP contribution in [0.2, 0.25) is 0 Å². The maximum atomic E-state index is 3.53. The van der Waals surface area contributed by atoms with Gasteiger partial charge in [0.15, 0.2) is 0 Å². The van der Waals surface area contributed by atoms with E-state index in [2.05, 4.69) is 52.4 Å². The predicted molar refractivity (Wildman–Crippen MR) is 75.5 cm³/mol. The van der Waals surface area contributed by atoms with Crippen molar-refractivity contribution in [2.24, 2.45) is 0 Å². The Bertz CT molecular complexity index is 332. The highest BCUT2D eigenvalue weighted by molar-refractivity contribution is 9.11. The number of halogens is 1. The first-order valence-electron chi connectivity index (χ1n) is 5.86. The summed E-state index contributed by atoms with van der Waals surface area (Å²) in [4.78, 5) is 2.45. The van der Waals surface area contributed by atoms with Crippen LogP contribution in [0.15, 0.2) is 15.9 Å². The van der Waals surface area contributed by atoms with Crippen molar-refractivity contribution in [3.8, 4) is 0 Å². The summed E-state index contributed by atoms with van der Waals surface area (Å²) in [5.74, 6) is 0. The molecule has 1 fully saturated rings. The van der Waals surface area contributed by atoms with Crippen LogP contribution in [0, 0.1) is 0 Å². The molecule has 1 aromatic rings. The molecule has 1 saturated carbocycles. The first-order valence-corrected chi connectivity index (χ1v) is 7.47. The van der Waals surface area contributed by atoms with Crippen LogP contribution in [0.3, 0.4) is 0 Å². The minimum Gasteiger partial charge on any atom is -0.363 e. The van der Waals surface area contributed by atoms with E-state index in [9.17, 15) is 0 Å². The molecule has 0 radical (unpaired) electrons. The van der Waals surface area contributed by atoms with Crippen LogP contribution >= 0.6 is 27.3 Å². The minimum atomic E-state index is 0.718. The highest BCUT2D eigenvalue weighted by atomic mass is 79.9. The maximum Gasteiger partial charge on any atom is 0.0920 e. The van der Waals surface area contributed by atoms with Gasteiger partial charge in [-0.05, 0) is 60.8 Å². The van der Waals surface area contributed by atoms with Gasteiger partial charge in [-0.2, -0.15) is 0 Å². The molecule has 2 rings (SSSR count). The average molecular weight is 303 g/mol. The largest absolute Gasteiger partial charge is 0.363 e. The monoisotopic (exact) mass is 302 g/mol. The molecule has 1 aliphatic rings. The summed E-state index contributed by atoms with van der Waals surface area (Å²) in [7, 11) is 4.30. The zero-order valence-corrected chi connectivity index (χ0v) is 12.3. The highest BCUT2D eigenvalue weighted by Crippen LogP contribution is 2.33. The first-order chi connectivity index (χ1) is 7.70. The van der Waals surface area contributed by atoms with Gasteiger partial charge in [0.05, 0.1) is 8.79 Å². The minimum absolute atomic E-state index is 0.718. The summed E-state index contributed by atoms with van der Waals surface area (Å²) < 4.78 is 1.22. The van der Waals surface area contributed by atoms with E-state index in [1.807, 2.05) is 11.3 Å². The smallest absolute Gasteiger partial charge is 0.0920 e. The Morgan fingerprint density at radius 3 is 2.50 bits per heavy atom. The fourth-order valence-corrected chi connectivity index (χ4v) is 3.82. The van der Waals surface area contributed by atoms with E-state index in [1.165, 1.54) is 34.5 Å². The van der Waals surface area contributed by atoms with Gasteiger partial charge in [-0.15, -0.1) is 11.3 Å². The van der Waals surface area contributed by atoms with Gasteiger partial charge in [-0.25, -0.2) is 0 Å². The van der Waals surface area contributed by atoms with Crippen LogP contribution in [-0.4, -0.2) is 26.2 Å². The van der Waals surface area contributed by atoms with Gasteiger partial charge in [0.25, 0.3) is 0 Å². The zero-order chi connectivity index (χ0) is 11.5. The van der Waals surface area contributed by atoms with E-state index >= 15 is 0 Å². The molecule has 2 nitrogen and oxygen atoms in total. The SMILES string of the molecule is CNC1CCC(N(C)c2ccc(Br)s2)CC1. The lowest BCUT2D eigenvalue weighted by molar-refractivity contribution is 0.352. The Hall–Kier alpha value is -0.0600. The first kappa shape index (κ1) is 12.4. The Morgan fingerprint density at radius 1 is 1.31 bits per heavy atom. The summed E-state index contributed by atoms with van der Waals surface area (Å²) in [5.41, 5.74) is 0. The van der Waals surface area contributed by atoms with Gasteiger partial charge in [-0.1, -0.05) is 0 Å². The average Bonchev–Trinajstić information content (AvgIpc) is 2.75. The van der Waals surface area contributed by atoms with E-state index in [-0.39, 0.29) is 0 Å². The molecule has 90 valence electrons. The second-order valence-corrected chi connectivity index (χ2v) is 6.92. The predicted octanol–water partition coefficient (Wildman–Crippen LogP) is 3.48. The number of nitrogens with one attached hydrogen (secondary N) is 1. The number of anilines is 1. The summed E-state index contributed by atoms with van der Waals surface area (Å²) in [6.45, 7) is 0. The molecule has 4 heteroatoms. The van der Waals surface area contributed by atoms with Crippen molar-refractivity contribution in [2.45, 2.75) is 37.8 Å². The lowest BCUT2D eigenvalue weighted by Crippen LogP contribution is -2.39. The number of thiophene rings is 1. The van der Waals surface area contributed by atoms with Gasteiger partial charge in [0, 0.05) is 19.1 Å². The maximum absolute atomic E-state index is 3.53. The molecular weight excluding hydrogens is 284 g/mol. The van der Waals surface area contributed by atoms with Crippen LogP contribution in [-0.2, 0) is 0 Å². The number of hydrogen-bond donors (Lipinski definition) is 1. The molecule has 0 atom stereocenters. The zero-order valence-electron chi connectivity index (χ0n) is 9.87. The second kappa shape index (κ2) is 5.52. The van der Waals surface area contributed by atoms with Crippen LogP contribution in [0.4, 0.5) is 5.00 Å². The topological polar surface area (TPSA) is 15.3 Å². The van der Waals surface area contributed by atoms with Crippen molar-refractivity contribution < 1.29 is 0 Å². The molecule has 0 amide bonds. The Morgan fingerprint density at radius 2 is 2.00 bits per heavy atom. The van der Waals surface area contributed by atoms with Crippen LogP contribution in [0.25, 0.3) is 0 Å². The number of hydrogen-bond acceptors (Lipinski definition) is 3.